The Balaban J connectivity index is 0.00000180. The molecule has 1 aromatic carbocycles. The number of benzene rings is 1. The number of aromatic nitrogens is 1. The molecule has 97 valence electrons. The maximum atomic E-state index is 11.6. The molecule has 0 saturated heterocycles. The zero-order valence-corrected chi connectivity index (χ0v) is 15.2. The van der Waals surface area contributed by atoms with Crippen molar-refractivity contribution in [3.63, 3.8) is 0 Å². The number of hydrogen-bond acceptors (Lipinski definition) is 2. The summed E-state index contributed by atoms with van der Waals surface area (Å²) >= 11 is 3.50. The van der Waals surface area contributed by atoms with Crippen LogP contribution in [0.2, 0.25) is 0 Å². The van der Waals surface area contributed by atoms with Crippen LogP contribution in [0, 0.1) is 6.07 Å². The second-order valence-corrected chi connectivity index (χ2v) is 4.65. The van der Waals surface area contributed by atoms with Gasteiger partial charge in [-0.25, -0.2) is 0 Å². The van der Waals surface area contributed by atoms with Crippen LogP contribution in [-0.4, -0.2) is 11.2 Å². The topological polar surface area (TPSA) is 31.2 Å². The Bertz CT molecular complexity index is 625. The van der Waals surface area contributed by atoms with E-state index in [0.717, 1.165) is 21.5 Å². The third-order valence-corrected chi connectivity index (χ3v) is 3.27. The number of pyridine rings is 1. The zero-order valence-electron chi connectivity index (χ0n) is 10.8. The first-order chi connectivity index (χ1) is 8.63. The Morgan fingerprint density at radius 3 is 2.74 bits per heavy atom. The van der Waals surface area contributed by atoms with Crippen molar-refractivity contribution in [1.29, 1.82) is 0 Å². The van der Waals surface area contributed by atoms with Gasteiger partial charge in [-0.2, -0.15) is 12.1 Å². The van der Waals surface area contributed by atoms with Crippen LogP contribution in [0.3, 0.4) is 0 Å². The first kappa shape index (κ1) is 16.6. The predicted molar refractivity (Wildman–Crippen MR) is 74.8 cm³/mol. The minimum absolute atomic E-state index is 0. The monoisotopic (exact) mass is 395 g/mol. The van der Waals surface area contributed by atoms with E-state index in [0.29, 0.717) is 6.61 Å². The first-order valence-electron chi connectivity index (χ1n) is 5.64. The van der Waals surface area contributed by atoms with E-state index in [1.165, 1.54) is 6.07 Å². The van der Waals surface area contributed by atoms with Crippen molar-refractivity contribution in [3.05, 3.63) is 51.2 Å². The summed E-state index contributed by atoms with van der Waals surface area (Å²) in [6.45, 7) is 2.57. The Kier molecular flexibility index (Phi) is 6.44. The number of rotatable bonds is 3. The SMILES string of the molecule is CCOc1ccc(-c2[c-]ccc(=O)n2C)c(Br)c1.[Y]. The maximum absolute atomic E-state index is 11.6. The molecule has 1 radical (unpaired) electrons. The van der Waals surface area contributed by atoms with Crippen molar-refractivity contribution in [2.24, 2.45) is 7.05 Å². The normalized spacial score (nSPS) is 9.84. The van der Waals surface area contributed by atoms with Crippen molar-refractivity contribution < 1.29 is 37.4 Å². The quantitative estimate of drug-likeness (QED) is 0.748. The van der Waals surface area contributed by atoms with Crippen LogP contribution < -0.4 is 10.3 Å². The van der Waals surface area contributed by atoms with Crippen molar-refractivity contribution in [3.8, 4) is 17.0 Å². The minimum Gasteiger partial charge on any atom is -0.494 e. The van der Waals surface area contributed by atoms with E-state index in [4.69, 9.17) is 4.74 Å². The van der Waals surface area contributed by atoms with Gasteiger partial charge in [0.05, 0.1) is 6.61 Å². The molecule has 0 aliphatic rings. The molecule has 0 amide bonds. The summed E-state index contributed by atoms with van der Waals surface area (Å²) in [5, 5.41) is 0. The smallest absolute Gasteiger partial charge is 0.194 e. The van der Waals surface area contributed by atoms with Gasteiger partial charge < -0.3 is 9.30 Å². The van der Waals surface area contributed by atoms with Gasteiger partial charge in [0.2, 0.25) is 0 Å². The van der Waals surface area contributed by atoms with Crippen LogP contribution in [-0.2, 0) is 39.8 Å². The molecule has 0 unspecified atom stereocenters. The Morgan fingerprint density at radius 2 is 2.11 bits per heavy atom. The van der Waals surface area contributed by atoms with Gasteiger partial charge in [-0.3, -0.25) is 4.79 Å². The standard InChI is InChI=1S/C14H13BrNO2.Y/c1-3-18-10-7-8-11(12(15)9-10)13-5-4-6-14(17)16(13)2;/h4,6-9H,3H2,1-2H3;/q-1;. The van der Waals surface area contributed by atoms with Gasteiger partial charge in [-0.1, -0.05) is 33.3 Å². The summed E-state index contributed by atoms with van der Waals surface area (Å²) in [7, 11) is 1.73. The van der Waals surface area contributed by atoms with E-state index in [-0.39, 0.29) is 38.3 Å². The van der Waals surface area contributed by atoms with Crippen molar-refractivity contribution in [2.75, 3.05) is 6.61 Å². The van der Waals surface area contributed by atoms with Gasteiger partial charge in [0.1, 0.15) is 5.75 Å². The summed E-state index contributed by atoms with van der Waals surface area (Å²) in [6, 6.07) is 11.9. The molecular formula is C14H13BrNO2Y-. The van der Waals surface area contributed by atoms with E-state index in [1.807, 2.05) is 25.1 Å². The largest absolute Gasteiger partial charge is 0.494 e. The molecule has 0 atom stereocenters. The van der Waals surface area contributed by atoms with Crippen LogP contribution in [0.4, 0.5) is 0 Å². The van der Waals surface area contributed by atoms with Gasteiger partial charge in [-0.15, -0.1) is 6.07 Å². The fourth-order valence-corrected chi connectivity index (χ4v) is 2.26. The molecule has 1 heterocycles. The summed E-state index contributed by atoms with van der Waals surface area (Å²) in [5.74, 6) is 0.800. The fraction of sp³-hybridized carbons (Fsp3) is 0.214. The van der Waals surface area contributed by atoms with Crippen molar-refractivity contribution in [2.45, 2.75) is 6.92 Å². The molecule has 0 fully saturated rings. The van der Waals surface area contributed by atoms with E-state index in [1.54, 1.807) is 17.7 Å². The molecule has 1 aromatic heterocycles. The summed E-state index contributed by atoms with van der Waals surface area (Å²) in [4.78, 5) is 11.6. The Morgan fingerprint density at radius 1 is 1.37 bits per heavy atom. The van der Waals surface area contributed by atoms with E-state index >= 15 is 0 Å². The van der Waals surface area contributed by atoms with Crippen LogP contribution in [0.15, 0.2) is 39.6 Å². The van der Waals surface area contributed by atoms with E-state index < -0.39 is 0 Å². The average Bonchev–Trinajstić information content (AvgIpc) is 2.34. The molecular weight excluding hydrogens is 383 g/mol. The molecule has 2 rings (SSSR count). The molecule has 0 spiro atoms. The molecule has 0 N–H and O–H groups in total. The number of hydrogen-bond donors (Lipinski definition) is 0. The van der Waals surface area contributed by atoms with E-state index in [9.17, 15) is 4.79 Å². The third kappa shape index (κ3) is 3.77. The van der Waals surface area contributed by atoms with Crippen LogP contribution in [0.5, 0.6) is 5.75 Å². The fourth-order valence-electron chi connectivity index (χ4n) is 1.71. The molecule has 2 aromatic rings. The van der Waals surface area contributed by atoms with Gasteiger partial charge >= 0.3 is 0 Å². The van der Waals surface area contributed by atoms with Gasteiger partial charge in [0.25, 0.3) is 0 Å². The molecule has 0 saturated carbocycles. The number of halogens is 1. The molecule has 0 aliphatic carbocycles. The van der Waals surface area contributed by atoms with Crippen LogP contribution in [0.1, 0.15) is 6.92 Å². The molecule has 3 nitrogen and oxygen atoms in total. The van der Waals surface area contributed by atoms with Gasteiger partial charge in [0.15, 0.2) is 5.56 Å². The van der Waals surface area contributed by atoms with Crippen LogP contribution in [0.25, 0.3) is 11.3 Å². The minimum atomic E-state index is -0.0514. The summed E-state index contributed by atoms with van der Waals surface area (Å²) in [6.07, 6.45) is 0. The van der Waals surface area contributed by atoms with Gasteiger partial charge in [0, 0.05) is 39.8 Å². The van der Waals surface area contributed by atoms with Gasteiger partial charge in [-0.05, 0) is 23.5 Å². The second kappa shape index (κ2) is 7.37. The molecule has 0 bridgehead atoms. The second-order valence-electron chi connectivity index (χ2n) is 3.80. The third-order valence-electron chi connectivity index (χ3n) is 2.62. The Labute approximate surface area is 146 Å². The van der Waals surface area contributed by atoms with Crippen molar-refractivity contribution in [1.82, 2.24) is 4.57 Å². The average molecular weight is 396 g/mol. The Hall–Kier alpha value is -0.446. The first-order valence-corrected chi connectivity index (χ1v) is 6.43. The van der Waals surface area contributed by atoms with Crippen LogP contribution >= 0.6 is 15.9 Å². The zero-order chi connectivity index (χ0) is 13.1. The predicted octanol–water partition coefficient (Wildman–Crippen LogP) is 3.01. The maximum Gasteiger partial charge on any atom is 0.194 e. The van der Waals surface area contributed by atoms with E-state index in [2.05, 4.69) is 22.0 Å². The number of nitrogens with zero attached hydrogens (tertiary/aromatic N) is 1. The molecule has 19 heavy (non-hydrogen) atoms. The molecule has 0 aliphatic heterocycles. The summed E-state index contributed by atoms with van der Waals surface area (Å²) < 4.78 is 7.87. The summed E-state index contributed by atoms with van der Waals surface area (Å²) in [5.41, 5.74) is 1.61. The number of ether oxygens (including phenoxy) is 1. The van der Waals surface area contributed by atoms with Crippen molar-refractivity contribution >= 4 is 15.9 Å². The molecule has 5 heteroatoms.